The van der Waals surface area contributed by atoms with Crippen LogP contribution in [0.1, 0.15) is 0 Å². The molecule has 36 heavy (non-hydrogen) atoms. The fourth-order valence-corrected chi connectivity index (χ4v) is 4.68. The van der Waals surface area contributed by atoms with Gasteiger partial charge >= 0.3 is 6.36 Å². The average molecular weight is 546 g/mol. The zero-order chi connectivity index (χ0) is 25.9. The van der Waals surface area contributed by atoms with Crippen molar-refractivity contribution >= 4 is 50.0 Å². The minimum atomic E-state index is -4.89. The SMILES string of the molecule is CN1CCN(c2nc(NCCS(=O)(=O)Nc3cccc(OC(F)(F)F)c3)c3cc(Cl)ncc3n2)CC1. The Morgan fingerprint density at radius 2 is 1.89 bits per heavy atom. The number of likely N-dealkylation sites (N-methyl/N-ethyl adjacent to an activating group) is 1. The molecule has 1 aliphatic heterocycles. The van der Waals surface area contributed by atoms with Crippen molar-refractivity contribution in [3.8, 4) is 5.75 Å². The lowest BCUT2D eigenvalue weighted by Crippen LogP contribution is -2.45. The molecule has 0 aliphatic carbocycles. The average Bonchev–Trinajstić information content (AvgIpc) is 2.78. The second-order valence-corrected chi connectivity index (χ2v) is 10.3. The van der Waals surface area contributed by atoms with Gasteiger partial charge in [-0.05, 0) is 25.2 Å². The number of halogens is 4. The standard InChI is InChI=1S/C21H23ClF3N7O3S/c1-31-6-8-32(9-7-31)20-28-17-13-27-18(22)12-16(17)19(29-20)26-5-10-36(33,34)30-14-3-2-4-15(11-14)35-21(23,24)25/h2-4,11-13,30H,5-10H2,1H3,(H,26,28,29). The molecule has 0 spiro atoms. The molecule has 1 saturated heterocycles. The smallest absolute Gasteiger partial charge is 0.406 e. The summed E-state index contributed by atoms with van der Waals surface area (Å²) in [4.78, 5) is 17.5. The van der Waals surface area contributed by atoms with E-state index in [0.717, 1.165) is 38.3 Å². The third-order valence-electron chi connectivity index (χ3n) is 5.33. The first-order chi connectivity index (χ1) is 17.0. The van der Waals surface area contributed by atoms with E-state index in [4.69, 9.17) is 11.6 Å². The summed E-state index contributed by atoms with van der Waals surface area (Å²) in [6.07, 6.45) is -3.36. The highest BCUT2D eigenvalue weighted by atomic mass is 35.5. The van der Waals surface area contributed by atoms with E-state index in [2.05, 4.69) is 34.6 Å². The van der Waals surface area contributed by atoms with Gasteiger partial charge in [0.25, 0.3) is 0 Å². The molecule has 2 aromatic heterocycles. The summed E-state index contributed by atoms with van der Waals surface area (Å²) in [7, 11) is -1.88. The first kappa shape index (κ1) is 26.0. The molecule has 194 valence electrons. The maximum Gasteiger partial charge on any atom is 0.573 e. The highest BCUT2D eigenvalue weighted by molar-refractivity contribution is 7.92. The molecule has 15 heteroatoms. The van der Waals surface area contributed by atoms with Crippen LogP contribution in [0.2, 0.25) is 5.15 Å². The monoisotopic (exact) mass is 545 g/mol. The van der Waals surface area contributed by atoms with Crippen LogP contribution in [0.4, 0.5) is 30.6 Å². The lowest BCUT2D eigenvalue weighted by Gasteiger charge is -2.32. The van der Waals surface area contributed by atoms with Gasteiger partial charge in [0.05, 0.1) is 23.2 Å². The number of fused-ring (bicyclic) bond motifs is 1. The topological polar surface area (TPSA) is 113 Å². The van der Waals surface area contributed by atoms with Crippen molar-refractivity contribution in [2.45, 2.75) is 6.36 Å². The molecular weight excluding hydrogens is 523 g/mol. The van der Waals surface area contributed by atoms with Crippen LogP contribution in [-0.4, -0.2) is 80.2 Å². The molecule has 4 rings (SSSR count). The van der Waals surface area contributed by atoms with E-state index in [-0.39, 0.29) is 23.1 Å². The molecule has 1 aromatic carbocycles. The van der Waals surface area contributed by atoms with Gasteiger partial charge in [-0.25, -0.2) is 18.4 Å². The molecule has 0 unspecified atom stereocenters. The van der Waals surface area contributed by atoms with Gasteiger partial charge in [0.15, 0.2) is 0 Å². The molecule has 3 heterocycles. The van der Waals surface area contributed by atoms with E-state index in [1.165, 1.54) is 18.3 Å². The highest BCUT2D eigenvalue weighted by Crippen LogP contribution is 2.27. The van der Waals surface area contributed by atoms with Crippen molar-refractivity contribution in [2.75, 3.05) is 60.5 Å². The van der Waals surface area contributed by atoms with Crippen LogP contribution in [0.3, 0.4) is 0 Å². The van der Waals surface area contributed by atoms with Crippen molar-refractivity contribution in [1.29, 1.82) is 0 Å². The fraction of sp³-hybridized carbons (Fsp3) is 0.381. The quantitative estimate of drug-likeness (QED) is 0.412. The molecule has 0 radical (unpaired) electrons. The van der Waals surface area contributed by atoms with Gasteiger partial charge in [0, 0.05) is 44.2 Å². The summed E-state index contributed by atoms with van der Waals surface area (Å²) in [5, 5.41) is 3.83. The summed E-state index contributed by atoms with van der Waals surface area (Å²) in [5.41, 5.74) is 0.493. The van der Waals surface area contributed by atoms with Gasteiger partial charge in [-0.15, -0.1) is 13.2 Å². The Hall–Kier alpha value is -3.10. The van der Waals surface area contributed by atoms with Gasteiger partial charge in [-0.1, -0.05) is 17.7 Å². The van der Waals surface area contributed by atoms with Gasteiger partial charge in [-0.3, -0.25) is 4.72 Å². The zero-order valence-corrected chi connectivity index (χ0v) is 20.7. The number of sulfonamides is 1. The van der Waals surface area contributed by atoms with E-state index in [9.17, 15) is 21.6 Å². The number of nitrogens with zero attached hydrogens (tertiary/aromatic N) is 5. The molecule has 0 saturated carbocycles. The van der Waals surface area contributed by atoms with Crippen molar-refractivity contribution in [3.05, 3.63) is 41.7 Å². The number of pyridine rings is 1. The number of alkyl halides is 3. The van der Waals surface area contributed by atoms with Crippen LogP contribution in [-0.2, 0) is 10.0 Å². The highest BCUT2D eigenvalue weighted by Gasteiger charge is 2.31. The predicted molar refractivity (Wildman–Crippen MR) is 131 cm³/mol. The number of anilines is 3. The Balaban J connectivity index is 1.47. The van der Waals surface area contributed by atoms with Crippen molar-refractivity contribution < 1.29 is 26.3 Å². The van der Waals surface area contributed by atoms with Crippen LogP contribution in [0.15, 0.2) is 36.5 Å². The first-order valence-electron chi connectivity index (χ1n) is 10.8. The van der Waals surface area contributed by atoms with Gasteiger partial charge in [0.1, 0.15) is 16.7 Å². The number of benzene rings is 1. The maximum atomic E-state index is 12.6. The first-order valence-corrected chi connectivity index (χ1v) is 12.9. The maximum absolute atomic E-state index is 12.6. The van der Waals surface area contributed by atoms with E-state index >= 15 is 0 Å². The molecule has 10 nitrogen and oxygen atoms in total. The van der Waals surface area contributed by atoms with Crippen molar-refractivity contribution in [2.24, 2.45) is 0 Å². The lowest BCUT2D eigenvalue weighted by atomic mass is 10.3. The largest absolute Gasteiger partial charge is 0.573 e. The van der Waals surface area contributed by atoms with Crippen LogP contribution in [0.5, 0.6) is 5.75 Å². The van der Waals surface area contributed by atoms with E-state index < -0.39 is 22.1 Å². The second kappa shape index (κ2) is 10.5. The minimum absolute atomic E-state index is 0.0394. The minimum Gasteiger partial charge on any atom is -0.406 e. The van der Waals surface area contributed by atoms with Crippen molar-refractivity contribution in [3.63, 3.8) is 0 Å². The summed E-state index contributed by atoms with van der Waals surface area (Å²) in [6.45, 7) is 3.13. The summed E-state index contributed by atoms with van der Waals surface area (Å²) < 4.78 is 68.5. The summed E-state index contributed by atoms with van der Waals surface area (Å²) in [5.74, 6) is -0.0280. The van der Waals surface area contributed by atoms with Crippen LogP contribution >= 0.6 is 11.6 Å². The molecule has 0 bridgehead atoms. The van der Waals surface area contributed by atoms with Gasteiger partial charge < -0.3 is 19.9 Å². The van der Waals surface area contributed by atoms with E-state index in [1.54, 1.807) is 6.07 Å². The second-order valence-electron chi connectivity index (χ2n) is 8.11. The molecule has 0 amide bonds. The third-order valence-corrected chi connectivity index (χ3v) is 6.82. The molecule has 1 fully saturated rings. The van der Waals surface area contributed by atoms with Crippen LogP contribution in [0, 0.1) is 0 Å². The number of hydrogen-bond donors (Lipinski definition) is 2. The van der Waals surface area contributed by atoms with Crippen LogP contribution in [0.25, 0.3) is 10.9 Å². The Labute approximate surface area is 210 Å². The van der Waals surface area contributed by atoms with Gasteiger partial charge in [0.2, 0.25) is 16.0 Å². The van der Waals surface area contributed by atoms with Crippen molar-refractivity contribution in [1.82, 2.24) is 19.9 Å². The Bertz CT molecular complexity index is 1340. The number of rotatable bonds is 8. The summed E-state index contributed by atoms with van der Waals surface area (Å²) in [6, 6.07) is 6.19. The Morgan fingerprint density at radius 1 is 1.14 bits per heavy atom. The van der Waals surface area contributed by atoms with Crippen LogP contribution < -0.4 is 19.7 Å². The Morgan fingerprint density at radius 3 is 2.61 bits per heavy atom. The molecule has 3 aromatic rings. The molecule has 2 N–H and O–H groups in total. The number of ether oxygens (including phenoxy) is 1. The number of nitrogens with one attached hydrogen (secondary N) is 2. The zero-order valence-electron chi connectivity index (χ0n) is 19.1. The molecule has 1 aliphatic rings. The molecular formula is C21H23ClF3N7O3S. The molecule has 0 atom stereocenters. The number of piperazine rings is 1. The number of aromatic nitrogens is 3. The van der Waals surface area contributed by atoms with E-state index in [0.29, 0.717) is 22.7 Å². The lowest BCUT2D eigenvalue weighted by molar-refractivity contribution is -0.274. The predicted octanol–water partition coefficient (Wildman–Crippen LogP) is 3.18. The normalized spacial score (nSPS) is 15.2. The fourth-order valence-electron chi connectivity index (χ4n) is 3.57. The third kappa shape index (κ3) is 6.98. The Kier molecular flexibility index (Phi) is 7.57. The summed E-state index contributed by atoms with van der Waals surface area (Å²) >= 11 is 6.05. The van der Waals surface area contributed by atoms with E-state index in [1.807, 2.05) is 11.9 Å². The number of hydrogen-bond acceptors (Lipinski definition) is 9. The van der Waals surface area contributed by atoms with Gasteiger partial charge in [-0.2, -0.15) is 4.98 Å².